The molecule has 3 fully saturated rings. The third-order valence-corrected chi connectivity index (χ3v) is 9.05. The van der Waals surface area contributed by atoms with Crippen molar-refractivity contribution in [1.29, 1.82) is 0 Å². The lowest BCUT2D eigenvalue weighted by atomic mass is 9.83. The highest BCUT2D eigenvalue weighted by Crippen LogP contribution is 2.44. The van der Waals surface area contributed by atoms with E-state index in [2.05, 4.69) is 27.7 Å². The number of hydrogen-bond acceptors (Lipinski definition) is 4. The van der Waals surface area contributed by atoms with E-state index in [1.807, 2.05) is 6.20 Å². The van der Waals surface area contributed by atoms with Crippen LogP contribution in [0.25, 0.3) is 0 Å². The molecular weight excluding hydrogens is 417 g/mol. The third-order valence-electron chi connectivity index (χ3n) is 7.08. The van der Waals surface area contributed by atoms with Crippen molar-refractivity contribution in [3.05, 3.63) is 48.0 Å². The summed E-state index contributed by atoms with van der Waals surface area (Å²) in [6.07, 6.45) is 5.86. The van der Waals surface area contributed by atoms with E-state index in [4.69, 9.17) is 0 Å². The van der Waals surface area contributed by atoms with Crippen LogP contribution in [0.3, 0.4) is 0 Å². The van der Waals surface area contributed by atoms with Crippen molar-refractivity contribution in [3.63, 3.8) is 0 Å². The molecule has 3 heterocycles. The average Bonchev–Trinajstić information content (AvgIpc) is 3.37. The minimum Gasteiger partial charge on any atom is -0.295 e. The number of hydrogen-bond donors (Lipinski definition) is 0. The normalized spacial score (nSPS) is 29.1. The van der Waals surface area contributed by atoms with Gasteiger partial charge in [-0.3, -0.25) is 13.9 Å². The molecule has 168 valence electrons. The zero-order valence-electron chi connectivity index (χ0n) is 18.1. The molecule has 1 aliphatic carbocycles. The first-order chi connectivity index (χ1) is 14.8. The molecular formula is C22H30FN5O2S. The molecule has 0 unspecified atom stereocenters. The first-order valence-corrected chi connectivity index (χ1v) is 12.5. The number of aromatic nitrogens is 2. The average molecular weight is 448 g/mol. The summed E-state index contributed by atoms with van der Waals surface area (Å²) in [5.41, 5.74) is 1.06. The summed E-state index contributed by atoms with van der Waals surface area (Å²) in [4.78, 5) is 2.42. The molecule has 1 aromatic carbocycles. The predicted octanol–water partition coefficient (Wildman–Crippen LogP) is 2.85. The molecule has 2 saturated heterocycles. The molecule has 3 aliphatic rings. The predicted molar refractivity (Wildman–Crippen MR) is 117 cm³/mol. The molecule has 9 heteroatoms. The zero-order valence-corrected chi connectivity index (χ0v) is 18.9. The maximum Gasteiger partial charge on any atom is 0.304 e. The van der Waals surface area contributed by atoms with Crippen molar-refractivity contribution < 1.29 is 12.8 Å². The van der Waals surface area contributed by atoms with Crippen LogP contribution in [0, 0.1) is 11.7 Å². The van der Waals surface area contributed by atoms with Gasteiger partial charge in [0.2, 0.25) is 0 Å². The summed E-state index contributed by atoms with van der Waals surface area (Å²) < 4.78 is 45.3. The van der Waals surface area contributed by atoms with E-state index < -0.39 is 21.6 Å². The molecule has 5 rings (SSSR count). The van der Waals surface area contributed by atoms with Crippen molar-refractivity contribution in [2.75, 3.05) is 24.4 Å². The first kappa shape index (κ1) is 20.9. The molecule has 7 nitrogen and oxygen atoms in total. The van der Waals surface area contributed by atoms with Gasteiger partial charge >= 0.3 is 10.2 Å². The highest BCUT2D eigenvalue weighted by atomic mass is 32.2. The molecule has 1 saturated carbocycles. The Hall–Kier alpha value is -1.97. The van der Waals surface area contributed by atoms with E-state index in [1.54, 1.807) is 19.2 Å². The van der Waals surface area contributed by atoms with Crippen molar-refractivity contribution in [2.24, 2.45) is 5.92 Å². The first-order valence-electron chi connectivity index (χ1n) is 11.1. The number of likely N-dealkylation sites (N-methyl/N-ethyl adjacent to an activating group) is 1. The molecule has 2 aliphatic heterocycles. The molecule has 0 radical (unpaired) electrons. The van der Waals surface area contributed by atoms with Gasteiger partial charge in [0.25, 0.3) is 0 Å². The third kappa shape index (κ3) is 3.76. The molecule has 1 spiro atoms. The van der Waals surface area contributed by atoms with Crippen molar-refractivity contribution in [2.45, 2.75) is 57.3 Å². The zero-order chi connectivity index (χ0) is 21.8. The number of anilines is 1. The Kier molecular flexibility index (Phi) is 5.10. The Balaban J connectivity index is 1.38. The van der Waals surface area contributed by atoms with Crippen LogP contribution < -0.4 is 4.31 Å². The van der Waals surface area contributed by atoms with Gasteiger partial charge in [0.15, 0.2) is 0 Å². The fourth-order valence-electron chi connectivity index (χ4n) is 5.28. The van der Waals surface area contributed by atoms with Crippen LogP contribution in [0.4, 0.5) is 10.1 Å². The Morgan fingerprint density at radius 3 is 2.77 bits per heavy atom. The molecule has 31 heavy (non-hydrogen) atoms. The number of piperidine rings is 1. The smallest absolute Gasteiger partial charge is 0.295 e. The highest BCUT2D eigenvalue weighted by molar-refractivity contribution is 7.90. The molecule has 1 aromatic heterocycles. The summed E-state index contributed by atoms with van der Waals surface area (Å²) in [6.45, 7) is 5.17. The van der Waals surface area contributed by atoms with Crippen LogP contribution >= 0.6 is 0 Å². The summed E-state index contributed by atoms with van der Waals surface area (Å²) in [7, 11) is -2.07. The van der Waals surface area contributed by atoms with Crippen LogP contribution in [-0.2, 0) is 23.3 Å². The van der Waals surface area contributed by atoms with Crippen LogP contribution in [0.2, 0.25) is 0 Å². The van der Waals surface area contributed by atoms with E-state index in [0.29, 0.717) is 25.1 Å². The second-order valence-corrected chi connectivity index (χ2v) is 11.3. The Labute approximate surface area is 183 Å². The second-order valence-electron chi connectivity index (χ2n) is 9.45. The maximum absolute atomic E-state index is 14.0. The molecule has 2 atom stereocenters. The van der Waals surface area contributed by atoms with E-state index in [1.165, 1.54) is 39.3 Å². The number of likely N-dealkylation sites (tertiary alicyclic amines) is 1. The van der Waals surface area contributed by atoms with E-state index >= 15 is 0 Å². The van der Waals surface area contributed by atoms with Gasteiger partial charge in [0, 0.05) is 45.5 Å². The lowest BCUT2D eigenvalue weighted by Crippen LogP contribution is -2.57. The number of benzene rings is 1. The molecule has 2 aromatic rings. The van der Waals surface area contributed by atoms with Crippen molar-refractivity contribution in [3.8, 4) is 0 Å². The summed E-state index contributed by atoms with van der Waals surface area (Å²) >= 11 is 0. The van der Waals surface area contributed by atoms with Gasteiger partial charge in [-0.25, -0.2) is 4.39 Å². The topological polar surface area (TPSA) is 61.7 Å². The summed E-state index contributed by atoms with van der Waals surface area (Å²) in [5, 5.41) is 4.51. The van der Waals surface area contributed by atoms with Gasteiger partial charge in [-0.1, -0.05) is 6.07 Å². The maximum atomic E-state index is 14.0. The van der Waals surface area contributed by atoms with Gasteiger partial charge in [0.05, 0.1) is 16.9 Å². The summed E-state index contributed by atoms with van der Waals surface area (Å²) in [6, 6.07) is 8.22. The molecule has 0 N–H and O–H groups in total. The Bertz CT molecular complexity index is 1070. The lowest BCUT2D eigenvalue weighted by Gasteiger charge is -2.47. The number of halogens is 1. The van der Waals surface area contributed by atoms with Crippen molar-refractivity contribution >= 4 is 15.9 Å². The van der Waals surface area contributed by atoms with Gasteiger partial charge in [0.1, 0.15) is 5.82 Å². The van der Waals surface area contributed by atoms with Crippen LogP contribution in [0.1, 0.15) is 38.3 Å². The highest BCUT2D eigenvalue weighted by Gasteiger charge is 2.55. The van der Waals surface area contributed by atoms with Gasteiger partial charge in [-0.05, 0) is 62.8 Å². The van der Waals surface area contributed by atoms with Crippen LogP contribution in [-0.4, -0.2) is 59.1 Å². The fraction of sp³-hybridized carbons (Fsp3) is 0.591. The van der Waals surface area contributed by atoms with Crippen LogP contribution in [0.15, 0.2) is 36.5 Å². The SMILES string of the molecule is C[C@H]1C[C@]2(CCN1Cc1ccnn1CC1CC1)CN(C)S(=O)(=O)N2c1cccc(F)c1. The number of rotatable bonds is 5. The summed E-state index contributed by atoms with van der Waals surface area (Å²) in [5.74, 6) is 0.339. The minimum absolute atomic E-state index is 0.191. The van der Waals surface area contributed by atoms with Gasteiger partial charge < -0.3 is 0 Å². The van der Waals surface area contributed by atoms with Crippen molar-refractivity contribution in [1.82, 2.24) is 19.0 Å². The standard InChI is InChI=1S/C22H30FN5O2S/c1-17-13-22(9-11-26(17)15-21-8-10-24-27(21)14-18-6-7-18)16-25(2)31(29,30)28(22)20-5-3-4-19(23)12-20/h3-5,8,10,12,17-18H,6-7,9,11,13-16H2,1-2H3/t17-,22+/m0/s1. The minimum atomic E-state index is -3.68. The molecule has 0 bridgehead atoms. The van der Waals surface area contributed by atoms with Gasteiger partial charge in [-0.15, -0.1) is 0 Å². The molecule has 0 amide bonds. The Morgan fingerprint density at radius 1 is 1.26 bits per heavy atom. The lowest BCUT2D eigenvalue weighted by molar-refractivity contribution is 0.0976. The van der Waals surface area contributed by atoms with E-state index in [0.717, 1.165) is 25.6 Å². The number of nitrogens with zero attached hydrogens (tertiary/aromatic N) is 5. The van der Waals surface area contributed by atoms with E-state index in [-0.39, 0.29) is 6.04 Å². The van der Waals surface area contributed by atoms with Gasteiger partial charge in [-0.2, -0.15) is 17.8 Å². The quantitative estimate of drug-likeness (QED) is 0.707. The van der Waals surface area contributed by atoms with E-state index in [9.17, 15) is 12.8 Å². The largest absolute Gasteiger partial charge is 0.304 e. The Morgan fingerprint density at radius 2 is 2.06 bits per heavy atom. The second kappa shape index (κ2) is 7.56. The fourth-order valence-corrected chi connectivity index (χ4v) is 7.06. The van der Waals surface area contributed by atoms with Crippen LogP contribution in [0.5, 0.6) is 0 Å². The monoisotopic (exact) mass is 447 g/mol.